The van der Waals surface area contributed by atoms with Gasteiger partial charge in [-0.15, -0.1) is 0 Å². The maximum Gasteiger partial charge on any atom is 0.410 e. The molecule has 9 nitrogen and oxygen atoms in total. The number of nitrogens with zero attached hydrogens (tertiary/aromatic N) is 4. The smallest absolute Gasteiger partial charge is 0.410 e. The molecule has 2 aromatic heterocycles. The summed E-state index contributed by atoms with van der Waals surface area (Å²) in [7, 11) is 1.22. The van der Waals surface area contributed by atoms with Crippen LogP contribution in [0.4, 0.5) is 18.0 Å². The third-order valence-electron chi connectivity index (χ3n) is 6.20. The molecule has 200 valence electrons. The van der Waals surface area contributed by atoms with E-state index >= 15 is 0 Å². The summed E-state index contributed by atoms with van der Waals surface area (Å²) in [5, 5.41) is 22.8. The third-order valence-corrected chi connectivity index (χ3v) is 6.63. The van der Waals surface area contributed by atoms with E-state index in [1.165, 1.54) is 18.1 Å². The molecule has 1 fully saturated rings. The molecule has 1 saturated heterocycles. The van der Waals surface area contributed by atoms with Crippen molar-refractivity contribution >= 4 is 28.6 Å². The lowest BCUT2D eigenvalue weighted by Crippen LogP contribution is -2.59. The molecule has 0 saturated carbocycles. The number of aryl methyl sites for hydroxylation is 1. The number of hydrogen-bond donors (Lipinski definition) is 2. The van der Waals surface area contributed by atoms with Crippen LogP contribution in [0.3, 0.4) is 0 Å². The van der Waals surface area contributed by atoms with Gasteiger partial charge in [-0.05, 0) is 45.4 Å². The minimum atomic E-state index is -4.54. The van der Waals surface area contributed by atoms with Gasteiger partial charge < -0.3 is 19.5 Å². The molecule has 1 aliphatic rings. The fraction of sp³-hybridized carbons (Fsp3) is 0.500. The number of carbonyl (C=O) groups is 1. The minimum absolute atomic E-state index is 0.156. The molecule has 13 heteroatoms. The number of nitrogens with one attached hydrogen (secondary N) is 1. The van der Waals surface area contributed by atoms with Gasteiger partial charge in [-0.25, -0.2) is 9.78 Å². The number of aromatic nitrogens is 4. The fourth-order valence-electron chi connectivity index (χ4n) is 4.43. The van der Waals surface area contributed by atoms with Crippen molar-refractivity contribution in [3.63, 3.8) is 0 Å². The average molecular weight is 542 g/mol. The van der Waals surface area contributed by atoms with Crippen molar-refractivity contribution in [2.24, 2.45) is 5.92 Å². The second kappa shape index (κ2) is 9.32. The number of aliphatic hydroxyl groups is 1. The van der Waals surface area contributed by atoms with Crippen molar-refractivity contribution < 1.29 is 32.5 Å². The van der Waals surface area contributed by atoms with Gasteiger partial charge in [0, 0.05) is 30.0 Å². The van der Waals surface area contributed by atoms with E-state index in [0.717, 1.165) is 0 Å². The number of fused-ring (bicyclic) bond motifs is 1. The Labute approximate surface area is 215 Å². The summed E-state index contributed by atoms with van der Waals surface area (Å²) in [5.41, 5.74) is -1.46. The van der Waals surface area contributed by atoms with Gasteiger partial charge in [0.1, 0.15) is 16.9 Å². The van der Waals surface area contributed by atoms with Gasteiger partial charge in [0.25, 0.3) is 0 Å². The first-order valence-corrected chi connectivity index (χ1v) is 11.8. The Morgan fingerprint density at radius 3 is 2.46 bits per heavy atom. The number of alkyl halides is 3. The predicted octanol–water partition coefficient (Wildman–Crippen LogP) is 4.53. The van der Waals surface area contributed by atoms with Crippen molar-refractivity contribution in [3.05, 3.63) is 45.7 Å². The number of pyridine rings is 1. The van der Waals surface area contributed by atoms with E-state index < -0.39 is 35.8 Å². The topological polar surface area (TPSA) is 113 Å². The Hall–Kier alpha value is -3.12. The fourth-order valence-corrected chi connectivity index (χ4v) is 4.73. The van der Waals surface area contributed by atoms with Crippen LogP contribution < -0.4 is 4.74 Å². The monoisotopic (exact) mass is 541 g/mol. The van der Waals surface area contributed by atoms with Crippen LogP contribution in [0.15, 0.2) is 18.2 Å². The zero-order chi connectivity index (χ0) is 27.3. The maximum atomic E-state index is 13.3. The summed E-state index contributed by atoms with van der Waals surface area (Å²) in [6.07, 6.45) is -6.39. The molecule has 1 unspecified atom stereocenters. The van der Waals surface area contributed by atoms with E-state index in [-0.39, 0.29) is 40.6 Å². The number of aromatic amines is 1. The molecule has 1 atom stereocenters. The van der Waals surface area contributed by atoms with Gasteiger partial charge >= 0.3 is 12.3 Å². The molecule has 3 aromatic rings. The van der Waals surface area contributed by atoms with E-state index in [1.54, 1.807) is 39.8 Å². The van der Waals surface area contributed by atoms with Crippen molar-refractivity contribution in [2.45, 2.75) is 51.5 Å². The van der Waals surface area contributed by atoms with E-state index in [4.69, 9.17) is 21.1 Å². The maximum absolute atomic E-state index is 13.3. The molecular weight excluding hydrogens is 515 g/mol. The van der Waals surface area contributed by atoms with Gasteiger partial charge in [-0.2, -0.15) is 28.6 Å². The summed E-state index contributed by atoms with van der Waals surface area (Å²) in [6.45, 7) is 7.24. The summed E-state index contributed by atoms with van der Waals surface area (Å²) in [6, 6.07) is 4.63. The Morgan fingerprint density at radius 2 is 1.92 bits per heavy atom. The zero-order valence-corrected chi connectivity index (χ0v) is 21.7. The lowest BCUT2D eigenvalue weighted by molar-refractivity contribution is -0.127. The predicted molar refractivity (Wildman–Crippen MR) is 128 cm³/mol. The molecule has 0 spiro atoms. The van der Waals surface area contributed by atoms with Crippen molar-refractivity contribution in [1.29, 1.82) is 0 Å². The number of ether oxygens (including phenoxy) is 2. The highest BCUT2D eigenvalue weighted by Crippen LogP contribution is 2.44. The zero-order valence-electron chi connectivity index (χ0n) is 20.9. The number of likely N-dealkylation sites (tertiary alicyclic amines) is 1. The highest BCUT2D eigenvalue weighted by atomic mass is 35.5. The number of H-pyrrole nitrogens is 1. The summed E-state index contributed by atoms with van der Waals surface area (Å²) < 4.78 is 50.3. The molecular formula is C24H27ClF3N5O4. The lowest BCUT2D eigenvalue weighted by Gasteiger charge is -2.47. The molecule has 37 heavy (non-hydrogen) atoms. The molecule has 1 aliphatic heterocycles. The lowest BCUT2D eigenvalue weighted by atomic mass is 9.74. The van der Waals surface area contributed by atoms with E-state index in [9.17, 15) is 23.1 Å². The van der Waals surface area contributed by atoms with E-state index in [2.05, 4.69) is 20.4 Å². The SMILES string of the molecule is COc1nc2ccc(C(O)(c3n[nH]nc3C)C3CN(C(=O)OC(C)(C)C)C3)cc2c(Cl)c1CC(F)(F)F. The van der Waals surface area contributed by atoms with E-state index in [1.807, 2.05) is 0 Å². The first kappa shape index (κ1) is 26.9. The second-order valence-electron chi connectivity index (χ2n) is 10.0. The van der Waals surface area contributed by atoms with Gasteiger partial charge in [0.05, 0.1) is 29.8 Å². The van der Waals surface area contributed by atoms with Crippen LogP contribution in [-0.2, 0) is 16.8 Å². The molecule has 0 radical (unpaired) electrons. The average Bonchev–Trinajstić information content (AvgIpc) is 3.18. The Bertz CT molecular complexity index is 1330. The van der Waals surface area contributed by atoms with Crippen LogP contribution in [0.25, 0.3) is 10.9 Å². The van der Waals surface area contributed by atoms with Crippen molar-refractivity contribution in [1.82, 2.24) is 25.3 Å². The van der Waals surface area contributed by atoms with Gasteiger partial charge in [-0.3, -0.25) is 0 Å². The Kier molecular flexibility index (Phi) is 6.78. The number of carbonyl (C=O) groups excluding carboxylic acids is 1. The Balaban J connectivity index is 1.78. The van der Waals surface area contributed by atoms with Crippen molar-refractivity contribution in [2.75, 3.05) is 20.2 Å². The van der Waals surface area contributed by atoms with Crippen molar-refractivity contribution in [3.8, 4) is 5.88 Å². The van der Waals surface area contributed by atoms with Crippen LogP contribution in [-0.4, -0.2) is 68.5 Å². The van der Waals surface area contributed by atoms with Crippen LogP contribution in [0.2, 0.25) is 5.02 Å². The molecule has 3 heterocycles. The normalized spacial score (nSPS) is 16.4. The molecule has 0 bridgehead atoms. The number of amides is 1. The number of hydrogen-bond acceptors (Lipinski definition) is 7. The largest absolute Gasteiger partial charge is 0.481 e. The highest BCUT2D eigenvalue weighted by Gasteiger charge is 2.51. The van der Waals surface area contributed by atoms with Gasteiger partial charge in [0.15, 0.2) is 0 Å². The molecule has 4 rings (SSSR count). The minimum Gasteiger partial charge on any atom is -0.481 e. The van der Waals surface area contributed by atoms with E-state index in [0.29, 0.717) is 16.8 Å². The molecule has 0 aliphatic carbocycles. The molecule has 2 N–H and O–H groups in total. The standard InChI is InChI=1S/C24H27ClF3N5O4/c1-12-19(31-32-30-12)24(35,14-10-33(11-14)21(34)37-22(2,3)4)13-6-7-17-15(8-13)18(25)16(9-23(26,27)28)20(29-17)36-5/h6-8,14,35H,9-11H2,1-5H3,(H,30,31,32). The quantitative estimate of drug-likeness (QED) is 0.488. The number of methoxy groups -OCH3 is 1. The summed E-state index contributed by atoms with van der Waals surface area (Å²) >= 11 is 6.46. The number of halogens is 4. The number of benzene rings is 1. The Morgan fingerprint density at radius 1 is 1.24 bits per heavy atom. The highest BCUT2D eigenvalue weighted by molar-refractivity contribution is 6.36. The third kappa shape index (κ3) is 5.17. The first-order chi connectivity index (χ1) is 17.1. The summed E-state index contributed by atoms with van der Waals surface area (Å²) in [5.74, 6) is -0.738. The molecule has 1 amide bonds. The van der Waals surface area contributed by atoms with Gasteiger partial charge in [-0.1, -0.05) is 17.7 Å². The first-order valence-electron chi connectivity index (χ1n) is 11.5. The second-order valence-corrected chi connectivity index (χ2v) is 10.4. The van der Waals surface area contributed by atoms with Crippen LogP contribution >= 0.6 is 11.6 Å². The van der Waals surface area contributed by atoms with Gasteiger partial charge in [0.2, 0.25) is 5.88 Å². The van der Waals surface area contributed by atoms with Crippen LogP contribution in [0.1, 0.15) is 43.3 Å². The summed E-state index contributed by atoms with van der Waals surface area (Å²) in [4.78, 5) is 18.1. The van der Waals surface area contributed by atoms with Crippen LogP contribution in [0.5, 0.6) is 5.88 Å². The van der Waals surface area contributed by atoms with Crippen LogP contribution in [0, 0.1) is 12.8 Å². The molecule has 1 aromatic carbocycles. The number of rotatable bonds is 5.